The number of nitrogens with one attached hydrogen (secondary N) is 1. The van der Waals surface area contributed by atoms with Gasteiger partial charge in [0.2, 0.25) is 5.91 Å². The summed E-state index contributed by atoms with van der Waals surface area (Å²) in [5.41, 5.74) is 2.93. The summed E-state index contributed by atoms with van der Waals surface area (Å²) in [5, 5.41) is 4.75. The Hall–Kier alpha value is -1.59. The average molecular weight is 342 g/mol. The predicted octanol–water partition coefficient (Wildman–Crippen LogP) is 2.85. The van der Waals surface area contributed by atoms with Crippen LogP contribution in [0.2, 0.25) is 10.0 Å². The number of amides is 2. The lowest BCUT2D eigenvalue weighted by molar-refractivity contribution is -0.135. The summed E-state index contributed by atoms with van der Waals surface area (Å²) in [6.45, 7) is 0.638. The molecule has 0 spiro atoms. The number of hydrazone groups is 1. The van der Waals surface area contributed by atoms with Gasteiger partial charge in [-0.2, -0.15) is 5.10 Å². The number of halogens is 2. The molecule has 5 nitrogen and oxygen atoms in total. The van der Waals surface area contributed by atoms with Crippen LogP contribution in [0.4, 0.5) is 0 Å². The molecule has 0 aromatic heterocycles. The van der Waals surface area contributed by atoms with Gasteiger partial charge in [-0.05, 0) is 25.0 Å². The molecule has 22 heavy (non-hydrogen) atoms. The lowest BCUT2D eigenvalue weighted by Gasteiger charge is -2.18. The largest absolute Gasteiger partial charge is 0.333 e. The maximum absolute atomic E-state index is 11.8. The predicted molar refractivity (Wildman–Crippen MR) is 87.2 cm³/mol. The normalized spacial score (nSPS) is 15.9. The molecule has 0 radical (unpaired) electrons. The van der Waals surface area contributed by atoms with E-state index in [-0.39, 0.29) is 18.4 Å². The van der Waals surface area contributed by atoms with Gasteiger partial charge in [0.25, 0.3) is 5.91 Å². The zero-order valence-electron chi connectivity index (χ0n) is 12.0. The third-order valence-corrected chi connectivity index (χ3v) is 4.05. The Morgan fingerprint density at radius 2 is 2.00 bits per heavy atom. The molecule has 0 aliphatic carbocycles. The van der Waals surface area contributed by atoms with E-state index in [4.69, 9.17) is 23.2 Å². The maximum atomic E-state index is 11.8. The molecule has 0 saturated carbocycles. The van der Waals surface area contributed by atoms with Crippen LogP contribution < -0.4 is 5.43 Å². The highest BCUT2D eigenvalue weighted by molar-refractivity contribution is 6.38. The number of nitrogens with zero attached hydrogens (tertiary/aromatic N) is 2. The van der Waals surface area contributed by atoms with Crippen molar-refractivity contribution >= 4 is 41.2 Å². The molecular weight excluding hydrogens is 325 g/mol. The second-order valence-corrected chi connectivity index (χ2v) is 5.87. The summed E-state index contributed by atoms with van der Waals surface area (Å²) in [6.07, 6.45) is 4.74. The van der Waals surface area contributed by atoms with Crippen molar-refractivity contribution < 1.29 is 9.59 Å². The Morgan fingerprint density at radius 1 is 1.27 bits per heavy atom. The van der Waals surface area contributed by atoms with Crippen molar-refractivity contribution in [1.29, 1.82) is 0 Å². The van der Waals surface area contributed by atoms with Crippen molar-refractivity contribution in [3.8, 4) is 0 Å². The number of carbonyl (C=O) groups excluding carboxylic acids is 2. The van der Waals surface area contributed by atoms with Crippen molar-refractivity contribution in [2.24, 2.45) is 5.10 Å². The molecule has 118 valence electrons. The molecule has 2 rings (SSSR count). The molecule has 1 fully saturated rings. The minimum atomic E-state index is -0.338. The van der Waals surface area contributed by atoms with E-state index in [0.29, 0.717) is 28.6 Å². The van der Waals surface area contributed by atoms with Crippen molar-refractivity contribution in [2.75, 3.05) is 13.1 Å². The van der Waals surface area contributed by atoms with Crippen LogP contribution in [0.5, 0.6) is 0 Å². The lowest BCUT2D eigenvalue weighted by atomic mass is 10.2. The van der Waals surface area contributed by atoms with Gasteiger partial charge in [0.15, 0.2) is 0 Å². The number of likely N-dealkylation sites (tertiary alicyclic amines) is 1. The number of carbonyl (C=O) groups is 2. The highest BCUT2D eigenvalue weighted by Crippen LogP contribution is 2.21. The van der Waals surface area contributed by atoms with Gasteiger partial charge in [0.1, 0.15) is 6.54 Å². The van der Waals surface area contributed by atoms with Crippen molar-refractivity contribution in [1.82, 2.24) is 10.3 Å². The molecular formula is C15H17Cl2N3O2. The summed E-state index contributed by atoms with van der Waals surface area (Å²) >= 11 is 12.0. The van der Waals surface area contributed by atoms with E-state index in [9.17, 15) is 9.59 Å². The first-order valence-corrected chi connectivity index (χ1v) is 7.87. The van der Waals surface area contributed by atoms with E-state index < -0.39 is 0 Å². The van der Waals surface area contributed by atoms with Crippen LogP contribution in [-0.2, 0) is 9.59 Å². The minimum Gasteiger partial charge on any atom is -0.333 e. The zero-order valence-corrected chi connectivity index (χ0v) is 13.5. The molecule has 1 aromatic carbocycles. The summed E-state index contributed by atoms with van der Waals surface area (Å²) in [6, 6.07) is 5.10. The first-order chi connectivity index (χ1) is 10.6. The summed E-state index contributed by atoms with van der Waals surface area (Å²) in [4.78, 5) is 25.2. The number of benzene rings is 1. The van der Waals surface area contributed by atoms with Crippen LogP contribution in [0, 0.1) is 0 Å². The van der Waals surface area contributed by atoms with Crippen molar-refractivity contribution in [3.63, 3.8) is 0 Å². The third kappa shape index (κ3) is 4.71. The number of rotatable bonds is 4. The number of hydrogen-bond acceptors (Lipinski definition) is 3. The van der Waals surface area contributed by atoms with Crippen LogP contribution >= 0.6 is 23.2 Å². The second kappa shape index (κ2) is 8.15. The van der Waals surface area contributed by atoms with E-state index in [2.05, 4.69) is 10.5 Å². The molecule has 1 aromatic rings. The lowest BCUT2D eigenvalue weighted by Crippen LogP contribution is -2.39. The van der Waals surface area contributed by atoms with E-state index in [0.717, 1.165) is 19.3 Å². The molecule has 0 unspecified atom stereocenters. The highest BCUT2D eigenvalue weighted by atomic mass is 35.5. The van der Waals surface area contributed by atoms with Gasteiger partial charge >= 0.3 is 0 Å². The summed E-state index contributed by atoms with van der Waals surface area (Å²) < 4.78 is 0. The second-order valence-electron chi connectivity index (χ2n) is 5.05. The van der Waals surface area contributed by atoms with E-state index in [1.54, 1.807) is 23.1 Å². The summed E-state index contributed by atoms with van der Waals surface area (Å²) in [5.74, 6) is -0.319. The molecule has 1 aliphatic rings. The van der Waals surface area contributed by atoms with E-state index in [1.807, 2.05) is 0 Å². The monoisotopic (exact) mass is 341 g/mol. The Bertz CT molecular complexity index is 570. The molecule has 0 bridgehead atoms. The smallest absolute Gasteiger partial charge is 0.259 e. The molecule has 1 N–H and O–H groups in total. The van der Waals surface area contributed by atoms with Crippen LogP contribution in [-0.4, -0.2) is 36.0 Å². The van der Waals surface area contributed by atoms with Gasteiger partial charge < -0.3 is 4.90 Å². The Kier molecular flexibility index (Phi) is 6.21. The van der Waals surface area contributed by atoms with Crippen LogP contribution in [0.25, 0.3) is 0 Å². The fourth-order valence-corrected chi connectivity index (χ4v) is 2.71. The Labute approximate surface area is 139 Å². The van der Waals surface area contributed by atoms with Gasteiger partial charge in [-0.15, -0.1) is 0 Å². The van der Waals surface area contributed by atoms with Gasteiger partial charge in [-0.1, -0.05) is 35.7 Å². The highest BCUT2D eigenvalue weighted by Gasteiger charge is 2.18. The molecule has 7 heteroatoms. The van der Waals surface area contributed by atoms with Gasteiger partial charge in [-0.3, -0.25) is 9.59 Å². The van der Waals surface area contributed by atoms with E-state index >= 15 is 0 Å². The first kappa shape index (κ1) is 16.8. The zero-order chi connectivity index (χ0) is 15.9. The van der Waals surface area contributed by atoms with Crippen LogP contribution in [0.15, 0.2) is 23.3 Å². The van der Waals surface area contributed by atoms with Gasteiger partial charge in [0.05, 0.1) is 16.3 Å². The molecule has 2 amide bonds. The molecule has 0 atom stereocenters. The van der Waals surface area contributed by atoms with Crippen LogP contribution in [0.1, 0.15) is 31.2 Å². The third-order valence-electron chi connectivity index (χ3n) is 3.39. The van der Waals surface area contributed by atoms with E-state index in [1.165, 1.54) is 6.21 Å². The topological polar surface area (TPSA) is 61.8 Å². The maximum Gasteiger partial charge on any atom is 0.259 e. The SMILES string of the molecule is O=C(CN1CCCCCC1=O)N/N=C\c1c(Cl)cccc1Cl. The quantitative estimate of drug-likeness (QED) is 0.676. The molecule has 1 saturated heterocycles. The van der Waals surface area contributed by atoms with Gasteiger partial charge in [0, 0.05) is 18.5 Å². The average Bonchev–Trinajstić information content (AvgIpc) is 2.67. The van der Waals surface area contributed by atoms with Gasteiger partial charge in [-0.25, -0.2) is 5.43 Å². The minimum absolute atomic E-state index is 0.0192. The fraction of sp³-hybridized carbons (Fsp3) is 0.400. The van der Waals surface area contributed by atoms with Crippen molar-refractivity contribution in [3.05, 3.63) is 33.8 Å². The Morgan fingerprint density at radius 3 is 2.73 bits per heavy atom. The standard InChI is InChI=1S/C15H17Cl2N3O2/c16-12-5-4-6-13(17)11(12)9-18-19-14(21)10-20-8-3-1-2-7-15(20)22/h4-6,9H,1-3,7-8,10H2,(H,19,21)/b18-9-. The number of hydrogen-bond donors (Lipinski definition) is 1. The first-order valence-electron chi connectivity index (χ1n) is 7.11. The summed E-state index contributed by atoms with van der Waals surface area (Å²) in [7, 11) is 0. The molecule has 1 aliphatic heterocycles. The fourth-order valence-electron chi connectivity index (χ4n) is 2.22. The Balaban J connectivity index is 1.89. The molecule has 1 heterocycles. The van der Waals surface area contributed by atoms with Crippen LogP contribution in [0.3, 0.4) is 0 Å². The van der Waals surface area contributed by atoms with Crippen molar-refractivity contribution in [2.45, 2.75) is 25.7 Å².